The molecule has 1 saturated heterocycles. The number of carbonyl (C=O) groups excluding carboxylic acids is 3. The maximum atomic E-state index is 11.9. The number of hydrogen-bond donors (Lipinski definition) is 1. The molecule has 1 N–H and O–H groups in total. The molecule has 0 radical (unpaired) electrons. The summed E-state index contributed by atoms with van der Waals surface area (Å²) in [5, 5.41) is 17.0. The van der Waals surface area contributed by atoms with Gasteiger partial charge in [-0.3, -0.25) is 19.4 Å². The van der Waals surface area contributed by atoms with Crippen LogP contribution >= 0.6 is 0 Å². The lowest BCUT2D eigenvalue weighted by atomic mass is 10.2. The van der Waals surface area contributed by atoms with Crippen molar-refractivity contribution in [1.29, 1.82) is 0 Å². The largest absolute Gasteiger partial charge is 0.427 e. The van der Waals surface area contributed by atoms with E-state index in [1.54, 1.807) is 19.1 Å². The summed E-state index contributed by atoms with van der Waals surface area (Å²) in [4.78, 5) is 36.8. The Hall–Kier alpha value is -2.97. The first-order valence-electron chi connectivity index (χ1n) is 5.94. The van der Waals surface area contributed by atoms with Crippen LogP contribution in [0.1, 0.15) is 5.69 Å². The number of nitrogens with zero attached hydrogens (tertiary/aromatic N) is 5. The highest BCUT2D eigenvalue weighted by Gasteiger charge is 2.39. The maximum absolute atomic E-state index is 11.9. The number of imide groups is 2. The van der Waals surface area contributed by atoms with Crippen LogP contribution in [0.15, 0.2) is 28.4 Å². The second-order valence-corrected chi connectivity index (χ2v) is 4.40. The van der Waals surface area contributed by atoms with Crippen molar-refractivity contribution >= 4 is 23.6 Å². The van der Waals surface area contributed by atoms with Gasteiger partial charge in [0.05, 0.1) is 5.69 Å². The van der Waals surface area contributed by atoms with Crippen LogP contribution in [0.25, 0.3) is 0 Å². The number of pyridine rings is 1. The summed E-state index contributed by atoms with van der Waals surface area (Å²) in [6.07, 6.45) is 0. The quantitative estimate of drug-likeness (QED) is 0.547. The van der Waals surface area contributed by atoms with Crippen LogP contribution in [-0.4, -0.2) is 57.4 Å². The van der Waals surface area contributed by atoms with E-state index < -0.39 is 23.6 Å². The molecule has 1 fully saturated rings. The summed E-state index contributed by atoms with van der Waals surface area (Å²) in [6, 6.07) is 3.99. The molecule has 1 aromatic rings. The highest BCUT2D eigenvalue weighted by Crippen LogP contribution is 2.06. The topological polar surface area (TPSA) is 108 Å². The summed E-state index contributed by atoms with van der Waals surface area (Å²) < 4.78 is 0.764. The summed E-state index contributed by atoms with van der Waals surface area (Å²) in [7, 11) is 2.48. The average molecular weight is 291 g/mol. The SMILES string of the molecule is Cc1ccc/c(=N\N=C2C(=O)N(C)C(=O)N(C)C2=O)n1O. The van der Waals surface area contributed by atoms with E-state index in [0.717, 1.165) is 14.5 Å². The van der Waals surface area contributed by atoms with E-state index in [0.29, 0.717) is 5.69 Å². The number of carbonyl (C=O) groups is 3. The molecule has 0 aromatic carbocycles. The molecule has 0 atom stereocenters. The molecule has 2 rings (SSSR count). The fraction of sp³-hybridized carbons (Fsp3) is 0.250. The van der Waals surface area contributed by atoms with Gasteiger partial charge in [0.2, 0.25) is 5.71 Å². The van der Waals surface area contributed by atoms with Crippen LogP contribution in [0.5, 0.6) is 0 Å². The molecular formula is C12H13N5O4. The van der Waals surface area contributed by atoms with Gasteiger partial charge in [0, 0.05) is 14.1 Å². The zero-order valence-corrected chi connectivity index (χ0v) is 11.6. The molecule has 0 bridgehead atoms. The fourth-order valence-corrected chi connectivity index (χ4v) is 1.67. The second-order valence-electron chi connectivity index (χ2n) is 4.40. The highest BCUT2D eigenvalue weighted by molar-refractivity contribution is 6.68. The molecule has 1 aliphatic rings. The third kappa shape index (κ3) is 2.40. The van der Waals surface area contributed by atoms with Gasteiger partial charge in [-0.1, -0.05) is 6.07 Å². The molecule has 0 saturated carbocycles. The number of urea groups is 1. The Morgan fingerprint density at radius 2 is 1.57 bits per heavy atom. The van der Waals surface area contributed by atoms with E-state index >= 15 is 0 Å². The number of rotatable bonds is 1. The molecule has 0 spiro atoms. The van der Waals surface area contributed by atoms with Crippen LogP contribution in [-0.2, 0) is 9.59 Å². The third-order valence-electron chi connectivity index (χ3n) is 2.97. The van der Waals surface area contributed by atoms with Gasteiger partial charge in [-0.05, 0) is 19.1 Å². The molecule has 1 aliphatic heterocycles. The predicted octanol–water partition coefficient (Wildman–Crippen LogP) is -0.659. The van der Waals surface area contributed by atoms with E-state index in [2.05, 4.69) is 10.2 Å². The Balaban J connectivity index is 2.49. The van der Waals surface area contributed by atoms with Crippen molar-refractivity contribution in [3.63, 3.8) is 0 Å². The molecular weight excluding hydrogens is 278 g/mol. The first kappa shape index (κ1) is 14.4. The lowest BCUT2D eigenvalue weighted by Gasteiger charge is -2.27. The van der Waals surface area contributed by atoms with E-state index in [1.165, 1.54) is 20.2 Å². The van der Waals surface area contributed by atoms with Gasteiger partial charge < -0.3 is 5.21 Å². The van der Waals surface area contributed by atoms with Gasteiger partial charge >= 0.3 is 6.03 Å². The zero-order chi connectivity index (χ0) is 15.7. The minimum atomic E-state index is -0.844. The Labute approximate surface area is 119 Å². The van der Waals surface area contributed by atoms with Crippen molar-refractivity contribution < 1.29 is 19.6 Å². The molecule has 110 valence electrons. The van der Waals surface area contributed by atoms with Crippen molar-refractivity contribution in [2.45, 2.75) is 6.92 Å². The summed E-state index contributed by atoms with van der Waals surface area (Å²) in [6.45, 7) is 1.64. The Morgan fingerprint density at radius 1 is 1.00 bits per heavy atom. The molecule has 0 aliphatic carbocycles. The summed E-state index contributed by atoms with van der Waals surface area (Å²) in [5.74, 6) is -1.69. The van der Waals surface area contributed by atoms with Gasteiger partial charge in [-0.25, -0.2) is 4.79 Å². The Bertz CT molecular complexity index is 707. The van der Waals surface area contributed by atoms with Crippen molar-refractivity contribution in [2.75, 3.05) is 14.1 Å². The summed E-state index contributed by atoms with van der Waals surface area (Å²) >= 11 is 0. The molecule has 9 heteroatoms. The Kier molecular flexibility index (Phi) is 3.57. The van der Waals surface area contributed by atoms with Crippen LogP contribution in [0.3, 0.4) is 0 Å². The van der Waals surface area contributed by atoms with Gasteiger partial charge in [0.15, 0.2) is 5.49 Å². The van der Waals surface area contributed by atoms with Crippen molar-refractivity contribution in [1.82, 2.24) is 14.5 Å². The number of aryl methyl sites for hydroxylation is 1. The molecule has 1 aromatic heterocycles. The number of barbiturate groups is 1. The number of aromatic nitrogens is 1. The monoisotopic (exact) mass is 291 g/mol. The summed E-state index contributed by atoms with van der Waals surface area (Å²) in [5.41, 5.74) is 0.0496. The van der Waals surface area contributed by atoms with Gasteiger partial charge in [0.25, 0.3) is 11.8 Å². The van der Waals surface area contributed by atoms with Crippen molar-refractivity contribution in [2.24, 2.45) is 10.2 Å². The zero-order valence-electron chi connectivity index (χ0n) is 11.6. The number of hydrogen-bond acceptors (Lipinski definition) is 6. The van der Waals surface area contributed by atoms with Gasteiger partial charge in [0.1, 0.15) is 0 Å². The molecule has 4 amide bonds. The average Bonchev–Trinajstić information content (AvgIpc) is 2.47. The number of amides is 4. The lowest BCUT2D eigenvalue weighted by molar-refractivity contribution is -0.129. The van der Waals surface area contributed by atoms with E-state index in [9.17, 15) is 19.6 Å². The van der Waals surface area contributed by atoms with Crippen LogP contribution in [0.4, 0.5) is 4.79 Å². The third-order valence-corrected chi connectivity index (χ3v) is 2.97. The van der Waals surface area contributed by atoms with Crippen LogP contribution in [0.2, 0.25) is 0 Å². The van der Waals surface area contributed by atoms with Crippen molar-refractivity contribution in [3.8, 4) is 0 Å². The molecule has 0 unspecified atom stereocenters. The van der Waals surface area contributed by atoms with Crippen LogP contribution in [0, 0.1) is 6.92 Å². The van der Waals surface area contributed by atoms with E-state index in [-0.39, 0.29) is 5.49 Å². The fourth-order valence-electron chi connectivity index (χ4n) is 1.67. The first-order chi connectivity index (χ1) is 9.84. The molecule has 9 nitrogen and oxygen atoms in total. The normalized spacial score (nSPS) is 16.8. The molecule has 2 heterocycles. The second kappa shape index (κ2) is 5.19. The first-order valence-corrected chi connectivity index (χ1v) is 5.94. The minimum absolute atomic E-state index is 0.0466. The van der Waals surface area contributed by atoms with Crippen LogP contribution < -0.4 is 5.49 Å². The minimum Gasteiger partial charge on any atom is -0.427 e. The van der Waals surface area contributed by atoms with Gasteiger partial charge in [-0.15, -0.1) is 10.2 Å². The lowest BCUT2D eigenvalue weighted by Crippen LogP contribution is -2.57. The van der Waals surface area contributed by atoms with Crippen molar-refractivity contribution in [3.05, 3.63) is 29.4 Å². The smallest absolute Gasteiger partial charge is 0.333 e. The molecule has 21 heavy (non-hydrogen) atoms. The maximum Gasteiger partial charge on any atom is 0.333 e. The van der Waals surface area contributed by atoms with Gasteiger partial charge in [-0.2, -0.15) is 4.73 Å². The standard InChI is InChI=1S/C12H13N5O4/c1-7-5-4-6-8(17(7)21)13-14-9-10(18)15(2)12(20)16(3)11(9)19/h4-6,21H,1-3H3/b13-8+. The van der Waals surface area contributed by atoms with E-state index in [4.69, 9.17) is 0 Å². The Morgan fingerprint density at radius 3 is 2.14 bits per heavy atom. The van der Waals surface area contributed by atoms with E-state index in [1.807, 2.05) is 0 Å². The highest BCUT2D eigenvalue weighted by atomic mass is 16.5. The predicted molar refractivity (Wildman–Crippen MR) is 70.3 cm³/mol.